The number of hydrogen-bond donors (Lipinski definition) is 1. The van der Waals surface area contributed by atoms with Crippen molar-refractivity contribution in [2.75, 3.05) is 25.1 Å². The van der Waals surface area contributed by atoms with E-state index in [2.05, 4.69) is 23.4 Å². The van der Waals surface area contributed by atoms with Gasteiger partial charge in [0.05, 0.1) is 6.04 Å². The summed E-state index contributed by atoms with van der Waals surface area (Å²) in [5.74, 6) is 2.36. The van der Waals surface area contributed by atoms with Gasteiger partial charge < -0.3 is 10.2 Å². The van der Waals surface area contributed by atoms with E-state index in [1.54, 1.807) is 0 Å². The van der Waals surface area contributed by atoms with E-state index in [4.69, 9.17) is 4.99 Å². The van der Waals surface area contributed by atoms with Gasteiger partial charge >= 0.3 is 0 Å². The van der Waals surface area contributed by atoms with E-state index >= 15 is 0 Å². The maximum Gasteiger partial charge on any atom is 0.194 e. The van der Waals surface area contributed by atoms with Crippen molar-refractivity contribution in [1.29, 1.82) is 0 Å². The minimum atomic E-state index is 0.553. The van der Waals surface area contributed by atoms with Crippen LogP contribution < -0.4 is 5.32 Å². The molecule has 86 valence electrons. The molecular formula is C11H21N3S. The minimum absolute atomic E-state index is 0.553. The lowest BCUT2D eigenvalue weighted by Gasteiger charge is -2.39. The van der Waals surface area contributed by atoms with Gasteiger partial charge in [0.2, 0.25) is 0 Å². The number of thioether (sulfide) groups is 1. The fourth-order valence-electron chi connectivity index (χ4n) is 2.26. The van der Waals surface area contributed by atoms with Crippen LogP contribution in [0.1, 0.15) is 26.2 Å². The van der Waals surface area contributed by atoms with Gasteiger partial charge in [0.25, 0.3) is 0 Å². The van der Waals surface area contributed by atoms with Crippen molar-refractivity contribution in [2.45, 2.75) is 38.3 Å². The number of rotatable bonds is 3. The van der Waals surface area contributed by atoms with Crippen molar-refractivity contribution in [1.82, 2.24) is 10.2 Å². The maximum atomic E-state index is 4.78. The van der Waals surface area contributed by atoms with Gasteiger partial charge in [-0.3, -0.25) is 0 Å². The summed E-state index contributed by atoms with van der Waals surface area (Å²) in [6, 6.07) is 1.18. The van der Waals surface area contributed by atoms with Crippen LogP contribution in [0.15, 0.2) is 4.99 Å². The summed E-state index contributed by atoms with van der Waals surface area (Å²) in [5.41, 5.74) is 0. The second-order valence-corrected chi connectivity index (χ2v) is 5.29. The van der Waals surface area contributed by atoms with Gasteiger partial charge in [-0.05, 0) is 25.5 Å². The summed E-state index contributed by atoms with van der Waals surface area (Å²) in [5, 5.41) is 3.58. The molecule has 0 aromatic heterocycles. The summed E-state index contributed by atoms with van der Waals surface area (Å²) in [4.78, 5) is 7.18. The Labute approximate surface area is 96.7 Å². The Hall–Kier alpha value is -0.380. The molecule has 0 aromatic rings. The van der Waals surface area contributed by atoms with E-state index in [0.717, 1.165) is 0 Å². The predicted octanol–water partition coefficient (Wildman–Crippen LogP) is 1.55. The summed E-state index contributed by atoms with van der Waals surface area (Å²) in [6.45, 7) is 4.61. The third-order valence-corrected chi connectivity index (χ3v) is 3.99. The Morgan fingerprint density at radius 3 is 3.00 bits per heavy atom. The topological polar surface area (TPSA) is 27.6 Å². The van der Waals surface area contributed by atoms with Crippen LogP contribution in [-0.4, -0.2) is 48.0 Å². The highest BCUT2D eigenvalue weighted by atomic mass is 32.2. The van der Waals surface area contributed by atoms with E-state index in [1.165, 1.54) is 44.1 Å². The number of nitrogens with one attached hydrogen (secondary N) is 1. The molecule has 2 heterocycles. The van der Waals surface area contributed by atoms with Crippen LogP contribution >= 0.6 is 11.8 Å². The monoisotopic (exact) mass is 227 g/mol. The molecule has 1 fully saturated rings. The molecule has 2 aliphatic rings. The molecule has 2 atom stereocenters. The number of hydrogen-bond acceptors (Lipinski definition) is 4. The molecule has 0 bridgehead atoms. The van der Waals surface area contributed by atoms with Crippen molar-refractivity contribution in [3.63, 3.8) is 0 Å². The summed E-state index contributed by atoms with van der Waals surface area (Å²) in [7, 11) is 0. The average molecular weight is 227 g/mol. The highest BCUT2D eigenvalue weighted by molar-refractivity contribution is 7.98. The second kappa shape index (κ2) is 5.10. The Balaban J connectivity index is 1.98. The van der Waals surface area contributed by atoms with Crippen molar-refractivity contribution >= 4 is 17.7 Å². The molecule has 15 heavy (non-hydrogen) atoms. The lowest BCUT2D eigenvalue weighted by Crippen LogP contribution is -2.56. The average Bonchev–Trinajstić information content (AvgIpc) is 2.28. The maximum absolute atomic E-state index is 4.78. The number of aliphatic imine (C=N–C) groups is 1. The summed E-state index contributed by atoms with van der Waals surface area (Å²) >= 11 is 1.92. The zero-order valence-electron chi connectivity index (χ0n) is 9.70. The molecule has 0 radical (unpaired) electrons. The molecule has 0 saturated carbocycles. The fraction of sp³-hybridized carbons (Fsp3) is 0.909. The molecule has 4 heteroatoms. The molecule has 0 amide bonds. The van der Waals surface area contributed by atoms with Gasteiger partial charge in [0.1, 0.15) is 0 Å². The van der Waals surface area contributed by atoms with Crippen molar-refractivity contribution in [3.05, 3.63) is 0 Å². The number of fused-ring (bicyclic) bond motifs is 1. The van der Waals surface area contributed by atoms with Gasteiger partial charge in [0, 0.05) is 24.9 Å². The third kappa shape index (κ3) is 2.60. The van der Waals surface area contributed by atoms with Crippen LogP contribution in [0.25, 0.3) is 0 Å². The van der Waals surface area contributed by atoms with E-state index in [-0.39, 0.29) is 0 Å². The molecule has 0 unspecified atom stereocenters. The van der Waals surface area contributed by atoms with Crippen LogP contribution in [-0.2, 0) is 0 Å². The van der Waals surface area contributed by atoms with Crippen LogP contribution in [0.4, 0.5) is 0 Å². The smallest absolute Gasteiger partial charge is 0.194 e. The highest BCUT2D eigenvalue weighted by Gasteiger charge is 2.26. The second-order valence-electron chi connectivity index (χ2n) is 4.38. The normalized spacial score (nSPS) is 30.5. The Morgan fingerprint density at radius 2 is 2.27 bits per heavy atom. The number of nitrogens with zero attached hydrogens (tertiary/aromatic N) is 2. The molecular weight excluding hydrogens is 206 g/mol. The lowest BCUT2D eigenvalue weighted by molar-refractivity contribution is 0.298. The van der Waals surface area contributed by atoms with Gasteiger partial charge in [-0.15, -0.1) is 0 Å². The Bertz CT molecular complexity index is 242. The van der Waals surface area contributed by atoms with Crippen LogP contribution in [0.5, 0.6) is 0 Å². The molecule has 0 aromatic carbocycles. The first-order valence-electron chi connectivity index (χ1n) is 5.91. The van der Waals surface area contributed by atoms with Crippen molar-refractivity contribution in [3.8, 4) is 0 Å². The van der Waals surface area contributed by atoms with E-state index in [9.17, 15) is 0 Å². The van der Waals surface area contributed by atoms with Gasteiger partial charge in [-0.1, -0.05) is 6.92 Å². The predicted molar refractivity (Wildman–Crippen MR) is 67.6 cm³/mol. The Morgan fingerprint density at radius 1 is 1.47 bits per heavy atom. The van der Waals surface area contributed by atoms with Gasteiger partial charge in [-0.2, -0.15) is 11.8 Å². The fourth-order valence-corrected chi connectivity index (χ4v) is 2.92. The number of guanidine groups is 1. The van der Waals surface area contributed by atoms with E-state index in [1.807, 2.05) is 11.8 Å². The highest BCUT2D eigenvalue weighted by Crippen LogP contribution is 2.17. The molecule has 2 rings (SSSR count). The summed E-state index contributed by atoms with van der Waals surface area (Å²) < 4.78 is 0. The Kier molecular flexibility index (Phi) is 3.78. The molecule has 0 aliphatic carbocycles. The van der Waals surface area contributed by atoms with Crippen molar-refractivity contribution < 1.29 is 0 Å². The quantitative estimate of drug-likeness (QED) is 0.793. The first-order chi connectivity index (χ1) is 7.33. The third-order valence-electron chi connectivity index (χ3n) is 3.26. The van der Waals surface area contributed by atoms with Gasteiger partial charge in [-0.25, -0.2) is 4.99 Å². The lowest BCUT2D eigenvalue weighted by atomic mass is 10.1. The van der Waals surface area contributed by atoms with E-state index in [0.29, 0.717) is 12.1 Å². The first-order valence-corrected chi connectivity index (χ1v) is 7.31. The molecule has 1 saturated heterocycles. The van der Waals surface area contributed by atoms with Gasteiger partial charge in [0.15, 0.2) is 5.96 Å². The zero-order chi connectivity index (χ0) is 10.7. The standard InChI is InChI=1S/C11H21N3S/c1-3-9-4-6-14-7-5-10(8-15-2)13-11(14)12-9/h9-10H,3-8H2,1-2H3,(H,12,13)/t9-,10+/m0/s1. The molecule has 2 aliphatic heterocycles. The van der Waals surface area contributed by atoms with Crippen LogP contribution in [0.2, 0.25) is 0 Å². The minimum Gasteiger partial charge on any atom is -0.353 e. The first kappa shape index (κ1) is 11.1. The molecule has 0 spiro atoms. The van der Waals surface area contributed by atoms with E-state index < -0.39 is 0 Å². The van der Waals surface area contributed by atoms with Crippen LogP contribution in [0, 0.1) is 0 Å². The van der Waals surface area contributed by atoms with Crippen molar-refractivity contribution in [2.24, 2.45) is 4.99 Å². The van der Waals surface area contributed by atoms with Crippen LogP contribution in [0.3, 0.4) is 0 Å². The molecule has 1 N–H and O–H groups in total. The SMILES string of the molecule is CC[C@H]1CCN2CC[C@H](CSC)NC2=N1. The largest absolute Gasteiger partial charge is 0.353 e. The summed E-state index contributed by atoms with van der Waals surface area (Å²) in [6.07, 6.45) is 5.84. The zero-order valence-corrected chi connectivity index (χ0v) is 10.5. The molecule has 3 nitrogen and oxygen atoms in total.